The highest BCUT2D eigenvalue weighted by molar-refractivity contribution is 5.46. The van der Waals surface area contributed by atoms with Gasteiger partial charge in [0.1, 0.15) is 12.7 Å². The third-order valence-electron chi connectivity index (χ3n) is 5.46. The third-order valence-corrected chi connectivity index (χ3v) is 5.46. The molecule has 1 atom stereocenters. The Labute approximate surface area is 162 Å². The molecule has 3 rings (SSSR count). The van der Waals surface area contributed by atoms with Crippen molar-refractivity contribution in [1.82, 2.24) is 10.2 Å². The molecule has 0 spiro atoms. The van der Waals surface area contributed by atoms with Crippen LogP contribution >= 0.6 is 0 Å². The number of nitrogens with one attached hydrogen (secondary N) is 1. The van der Waals surface area contributed by atoms with Gasteiger partial charge in [0, 0.05) is 37.8 Å². The van der Waals surface area contributed by atoms with Crippen LogP contribution in [0, 0.1) is 0 Å². The minimum absolute atomic E-state index is 0.258. The number of para-hydroxylation sites is 1. The van der Waals surface area contributed by atoms with Crippen LogP contribution < -0.4 is 14.8 Å². The average molecular weight is 379 g/mol. The number of nitrogens with zero attached hydrogens (tertiary/aromatic N) is 1. The second-order valence-electron chi connectivity index (χ2n) is 7.54. The van der Waals surface area contributed by atoms with Crippen molar-refractivity contribution in [3.63, 3.8) is 0 Å². The summed E-state index contributed by atoms with van der Waals surface area (Å²) >= 11 is 0. The first-order valence-corrected chi connectivity index (χ1v) is 10.3. The molecule has 1 aliphatic carbocycles. The minimum Gasteiger partial charge on any atom is -0.493 e. The topological polar surface area (TPSA) is 63.2 Å². The molecule has 1 saturated carbocycles. The highest BCUT2D eigenvalue weighted by Gasteiger charge is 2.18. The average Bonchev–Trinajstić information content (AvgIpc) is 2.72. The lowest BCUT2D eigenvalue weighted by Crippen LogP contribution is -2.42. The summed E-state index contributed by atoms with van der Waals surface area (Å²) in [6.07, 6.45) is 5.94. The van der Waals surface area contributed by atoms with Gasteiger partial charge in [0.2, 0.25) is 0 Å². The van der Waals surface area contributed by atoms with E-state index in [0.29, 0.717) is 12.6 Å². The monoisotopic (exact) mass is 378 g/mol. The van der Waals surface area contributed by atoms with E-state index in [0.717, 1.165) is 49.9 Å². The van der Waals surface area contributed by atoms with E-state index in [-0.39, 0.29) is 6.61 Å². The lowest BCUT2D eigenvalue weighted by molar-refractivity contribution is 0.00435. The number of morpholine rings is 1. The van der Waals surface area contributed by atoms with Crippen LogP contribution in [0.5, 0.6) is 11.5 Å². The zero-order valence-electron chi connectivity index (χ0n) is 16.5. The predicted molar refractivity (Wildman–Crippen MR) is 105 cm³/mol. The summed E-state index contributed by atoms with van der Waals surface area (Å²) in [6, 6.07) is 6.56. The van der Waals surface area contributed by atoms with Crippen LogP contribution in [0.3, 0.4) is 0 Å². The van der Waals surface area contributed by atoms with Gasteiger partial charge in [-0.15, -0.1) is 0 Å². The number of aliphatic hydroxyl groups is 1. The molecule has 152 valence electrons. The predicted octanol–water partition coefficient (Wildman–Crippen LogP) is 2.19. The van der Waals surface area contributed by atoms with Crippen molar-refractivity contribution in [1.29, 1.82) is 0 Å². The van der Waals surface area contributed by atoms with Crippen LogP contribution in [-0.4, -0.2) is 68.7 Å². The van der Waals surface area contributed by atoms with E-state index in [9.17, 15) is 5.11 Å². The maximum atomic E-state index is 10.4. The van der Waals surface area contributed by atoms with E-state index in [4.69, 9.17) is 14.2 Å². The molecule has 0 amide bonds. The van der Waals surface area contributed by atoms with Crippen molar-refractivity contribution in [2.24, 2.45) is 0 Å². The van der Waals surface area contributed by atoms with Gasteiger partial charge in [0.25, 0.3) is 0 Å². The second-order valence-corrected chi connectivity index (χ2v) is 7.54. The van der Waals surface area contributed by atoms with Crippen LogP contribution in [0.15, 0.2) is 18.2 Å². The molecule has 1 unspecified atom stereocenters. The minimum atomic E-state index is -0.535. The summed E-state index contributed by atoms with van der Waals surface area (Å²) in [5.74, 6) is 1.46. The van der Waals surface area contributed by atoms with Gasteiger partial charge in [-0.3, -0.25) is 4.90 Å². The largest absolute Gasteiger partial charge is 0.493 e. The number of methoxy groups -OCH3 is 1. The number of rotatable bonds is 9. The Morgan fingerprint density at radius 2 is 2.00 bits per heavy atom. The first kappa shape index (κ1) is 20.4. The van der Waals surface area contributed by atoms with Gasteiger partial charge < -0.3 is 24.6 Å². The molecule has 0 bridgehead atoms. The Kier molecular flexibility index (Phi) is 8.20. The van der Waals surface area contributed by atoms with Gasteiger partial charge in [-0.1, -0.05) is 31.4 Å². The fourth-order valence-corrected chi connectivity index (χ4v) is 3.90. The molecule has 0 aromatic heterocycles. The summed E-state index contributed by atoms with van der Waals surface area (Å²) < 4.78 is 16.9. The molecular formula is C21H34N2O4. The molecule has 1 aromatic carbocycles. The summed E-state index contributed by atoms with van der Waals surface area (Å²) in [6.45, 7) is 4.82. The highest BCUT2D eigenvalue weighted by atomic mass is 16.5. The van der Waals surface area contributed by atoms with Crippen LogP contribution in [0.25, 0.3) is 0 Å². The van der Waals surface area contributed by atoms with Gasteiger partial charge >= 0.3 is 0 Å². The lowest BCUT2D eigenvalue weighted by atomic mass is 9.95. The summed E-state index contributed by atoms with van der Waals surface area (Å²) in [4.78, 5) is 2.21. The Hall–Kier alpha value is -1.34. The second kappa shape index (κ2) is 10.9. The molecule has 2 aliphatic rings. The number of ether oxygens (including phenoxy) is 3. The number of hydrogen-bond donors (Lipinski definition) is 2. The number of benzene rings is 1. The van der Waals surface area contributed by atoms with Gasteiger partial charge in [0.05, 0.1) is 20.3 Å². The molecule has 1 saturated heterocycles. The Morgan fingerprint density at radius 1 is 1.22 bits per heavy atom. The quantitative estimate of drug-likeness (QED) is 0.687. The summed E-state index contributed by atoms with van der Waals surface area (Å²) in [7, 11) is 1.66. The molecule has 2 fully saturated rings. The molecule has 1 heterocycles. The Balaban J connectivity index is 1.55. The maximum absolute atomic E-state index is 10.4. The van der Waals surface area contributed by atoms with Crippen molar-refractivity contribution >= 4 is 0 Å². The van der Waals surface area contributed by atoms with Crippen LogP contribution in [0.1, 0.15) is 37.7 Å². The van der Waals surface area contributed by atoms with Crippen LogP contribution in [0.4, 0.5) is 0 Å². The normalized spacial score (nSPS) is 20.4. The Morgan fingerprint density at radius 3 is 2.74 bits per heavy atom. The molecular weight excluding hydrogens is 344 g/mol. The first-order chi connectivity index (χ1) is 13.3. The summed E-state index contributed by atoms with van der Waals surface area (Å²) in [5.41, 5.74) is 1.08. The van der Waals surface area contributed by atoms with Crippen molar-refractivity contribution in [2.75, 3.05) is 46.6 Å². The van der Waals surface area contributed by atoms with Crippen molar-refractivity contribution < 1.29 is 19.3 Å². The molecule has 1 aliphatic heterocycles. The smallest absolute Gasteiger partial charge is 0.165 e. The van der Waals surface area contributed by atoms with Crippen molar-refractivity contribution in [3.05, 3.63) is 23.8 Å². The number of hydrogen-bond acceptors (Lipinski definition) is 6. The van der Waals surface area contributed by atoms with Crippen molar-refractivity contribution in [2.45, 2.75) is 50.8 Å². The standard InChI is InChI=1S/C21H34N2O4/c1-25-20-9-5-6-17(14-22-18-7-3-2-4-8-18)21(20)27-16-19(24)15-23-10-12-26-13-11-23/h5-6,9,18-19,22,24H,2-4,7-8,10-16H2,1H3. The van der Waals surface area contributed by atoms with Gasteiger partial charge in [-0.05, 0) is 18.9 Å². The van der Waals surface area contributed by atoms with E-state index in [1.54, 1.807) is 7.11 Å². The Bertz CT molecular complexity index is 557. The van der Waals surface area contributed by atoms with E-state index in [1.165, 1.54) is 32.1 Å². The zero-order chi connectivity index (χ0) is 18.9. The first-order valence-electron chi connectivity index (χ1n) is 10.3. The molecule has 6 heteroatoms. The fraction of sp³-hybridized carbons (Fsp3) is 0.714. The molecule has 27 heavy (non-hydrogen) atoms. The van der Waals surface area contributed by atoms with E-state index in [2.05, 4.69) is 16.3 Å². The molecule has 6 nitrogen and oxygen atoms in total. The summed E-state index contributed by atoms with van der Waals surface area (Å²) in [5, 5.41) is 14.0. The SMILES string of the molecule is COc1cccc(CNC2CCCCC2)c1OCC(O)CN1CCOCC1. The third kappa shape index (κ3) is 6.35. The number of β-amino-alcohol motifs (C(OH)–C–C–N with tert-alkyl or cyclic N) is 1. The zero-order valence-corrected chi connectivity index (χ0v) is 16.5. The van der Waals surface area contributed by atoms with E-state index in [1.807, 2.05) is 12.1 Å². The molecule has 1 aromatic rings. The fourth-order valence-electron chi connectivity index (χ4n) is 3.90. The lowest BCUT2D eigenvalue weighted by Gasteiger charge is -2.28. The number of aliphatic hydroxyl groups excluding tert-OH is 1. The van der Waals surface area contributed by atoms with Crippen LogP contribution in [-0.2, 0) is 11.3 Å². The molecule has 2 N–H and O–H groups in total. The van der Waals surface area contributed by atoms with Gasteiger partial charge in [0.15, 0.2) is 11.5 Å². The van der Waals surface area contributed by atoms with Gasteiger partial charge in [-0.25, -0.2) is 0 Å². The van der Waals surface area contributed by atoms with Crippen LogP contribution in [0.2, 0.25) is 0 Å². The molecule has 0 radical (unpaired) electrons. The van der Waals surface area contributed by atoms with E-state index < -0.39 is 6.10 Å². The van der Waals surface area contributed by atoms with E-state index >= 15 is 0 Å². The highest BCUT2D eigenvalue weighted by Crippen LogP contribution is 2.31. The maximum Gasteiger partial charge on any atom is 0.165 e. The van der Waals surface area contributed by atoms with Crippen molar-refractivity contribution in [3.8, 4) is 11.5 Å². The van der Waals surface area contributed by atoms with Gasteiger partial charge in [-0.2, -0.15) is 0 Å².